The van der Waals surface area contributed by atoms with Crippen LogP contribution in [-0.4, -0.2) is 64.7 Å². The second-order valence-corrected chi connectivity index (χ2v) is 10.0. The van der Waals surface area contributed by atoms with Gasteiger partial charge in [-0.3, -0.25) is 4.79 Å². The summed E-state index contributed by atoms with van der Waals surface area (Å²) in [6.45, 7) is 5.62. The highest BCUT2D eigenvalue weighted by Crippen LogP contribution is 2.34. The number of nitrogens with one attached hydrogen (secondary N) is 1. The molecule has 210 valence electrons. The molecule has 0 radical (unpaired) electrons. The van der Waals surface area contributed by atoms with Gasteiger partial charge in [0.25, 0.3) is 12.3 Å². The van der Waals surface area contributed by atoms with Crippen LogP contribution in [0.3, 0.4) is 0 Å². The normalized spacial score (nSPS) is 16.2. The third-order valence-corrected chi connectivity index (χ3v) is 6.08. The smallest absolute Gasteiger partial charge is 0.410 e. The van der Waals surface area contributed by atoms with Crippen molar-refractivity contribution in [2.24, 2.45) is 0 Å². The molecule has 3 heterocycles. The zero-order valence-electron chi connectivity index (χ0n) is 21.7. The Morgan fingerprint density at radius 1 is 1.21 bits per heavy atom. The highest BCUT2D eigenvalue weighted by molar-refractivity contribution is 5.95. The Hall–Kier alpha value is -3.74. The zero-order valence-corrected chi connectivity index (χ0v) is 21.7. The molecule has 1 N–H and O–H groups in total. The summed E-state index contributed by atoms with van der Waals surface area (Å²) >= 11 is 0. The number of hydrogen-bond acceptors (Lipinski definition) is 5. The first-order valence-electron chi connectivity index (χ1n) is 12.1. The highest BCUT2D eigenvalue weighted by Gasteiger charge is 2.32. The van der Waals surface area contributed by atoms with E-state index in [1.54, 1.807) is 20.8 Å². The van der Waals surface area contributed by atoms with Crippen molar-refractivity contribution in [2.75, 3.05) is 26.7 Å². The number of imidazole rings is 1. The molecule has 39 heavy (non-hydrogen) atoms. The van der Waals surface area contributed by atoms with Crippen LogP contribution < -0.4 is 5.32 Å². The second kappa shape index (κ2) is 10.8. The van der Waals surface area contributed by atoms with E-state index in [-0.39, 0.29) is 48.7 Å². The number of morpholine rings is 1. The fourth-order valence-electron chi connectivity index (χ4n) is 4.31. The molecule has 3 aromatic rings. The van der Waals surface area contributed by atoms with Crippen LogP contribution in [0.1, 0.15) is 48.8 Å². The molecule has 8 nitrogen and oxygen atoms in total. The number of aromatic nitrogens is 2. The van der Waals surface area contributed by atoms with Crippen molar-refractivity contribution in [1.82, 2.24) is 19.6 Å². The zero-order chi connectivity index (χ0) is 28.6. The minimum Gasteiger partial charge on any atom is -0.444 e. The van der Waals surface area contributed by atoms with E-state index in [0.717, 1.165) is 12.1 Å². The van der Waals surface area contributed by atoms with Gasteiger partial charge in [0.15, 0.2) is 11.6 Å². The number of nitrogens with zero attached hydrogens (tertiary/aromatic N) is 3. The molecule has 13 heteroatoms. The molecule has 1 atom stereocenters. The van der Waals surface area contributed by atoms with Gasteiger partial charge in [0.2, 0.25) is 0 Å². The Bertz CT molecular complexity index is 1420. The van der Waals surface area contributed by atoms with Crippen LogP contribution in [0.2, 0.25) is 0 Å². The molecule has 1 saturated heterocycles. The van der Waals surface area contributed by atoms with Crippen LogP contribution in [0.5, 0.6) is 0 Å². The highest BCUT2D eigenvalue weighted by atomic mass is 19.3. The molecule has 1 fully saturated rings. The summed E-state index contributed by atoms with van der Waals surface area (Å²) in [6.07, 6.45) is -2.90. The molecule has 0 bridgehead atoms. The first-order chi connectivity index (χ1) is 18.3. The van der Waals surface area contributed by atoms with E-state index in [0.29, 0.717) is 6.07 Å². The molecule has 0 unspecified atom stereocenters. The number of pyridine rings is 1. The van der Waals surface area contributed by atoms with Gasteiger partial charge < -0.3 is 24.1 Å². The summed E-state index contributed by atoms with van der Waals surface area (Å²) in [5.74, 6) is -5.56. The summed E-state index contributed by atoms with van der Waals surface area (Å²) in [6, 6.07) is 2.73. The Balaban J connectivity index is 1.79. The van der Waals surface area contributed by atoms with Gasteiger partial charge in [-0.2, -0.15) is 0 Å². The Morgan fingerprint density at radius 3 is 2.56 bits per heavy atom. The van der Waals surface area contributed by atoms with Crippen LogP contribution in [0.15, 0.2) is 24.4 Å². The van der Waals surface area contributed by atoms with Gasteiger partial charge in [-0.05, 0) is 39.0 Å². The van der Waals surface area contributed by atoms with E-state index in [9.17, 15) is 22.8 Å². The van der Waals surface area contributed by atoms with Crippen molar-refractivity contribution in [3.05, 3.63) is 58.7 Å². The van der Waals surface area contributed by atoms with Crippen molar-refractivity contribution in [1.29, 1.82) is 0 Å². The lowest BCUT2D eigenvalue weighted by molar-refractivity contribution is -0.0418. The summed E-state index contributed by atoms with van der Waals surface area (Å²) in [5, 5.41) is 2.10. The van der Waals surface area contributed by atoms with Gasteiger partial charge in [0.1, 0.15) is 17.1 Å². The average molecular weight is 555 g/mol. The minimum absolute atomic E-state index is 0.0611. The number of alkyl halides is 2. The Kier molecular flexibility index (Phi) is 7.82. The monoisotopic (exact) mass is 554 g/mol. The quantitative estimate of drug-likeness (QED) is 0.359. The summed E-state index contributed by atoms with van der Waals surface area (Å²) in [7, 11) is 1.18. The first-order valence-corrected chi connectivity index (χ1v) is 12.1. The van der Waals surface area contributed by atoms with E-state index in [2.05, 4.69) is 10.3 Å². The standard InChI is InChI=1S/C26H27F5N4O4/c1-26(2,3)39-25(37)34-7-8-38-14(12-34)10-17-22(33-18-9-13(23(30)31)5-6-35(17)18)19-16(27)11-15(24(36)32-4)20(28)21(19)29/h5-6,9,11,14,23H,7-8,10,12H2,1-4H3,(H,32,36)/t14-/m0/s1. The van der Waals surface area contributed by atoms with Crippen molar-refractivity contribution >= 4 is 17.6 Å². The summed E-state index contributed by atoms with van der Waals surface area (Å²) < 4.78 is 84.6. The molecular formula is C26H27F5N4O4. The number of hydrogen-bond donors (Lipinski definition) is 1. The van der Waals surface area contributed by atoms with Crippen LogP contribution >= 0.6 is 0 Å². The maximum atomic E-state index is 15.3. The van der Waals surface area contributed by atoms with Crippen LogP contribution in [0.25, 0.3) is 16.9 Å². The molecule has 2 amide bonds. The van der Waals surface area contributed by atoms with Crippen LogP contribution in [0.4, 0.5) is 26.7 Å². The van der Waals surface area contributed by atoms with Gasteiger partial charge >= 0.3 is 6.09 Å². The van der Waals surface area contributed by atoms with Crippen LogP contribution in [0, 0.1) is 17.5 Å². The average Bonchev–Trinajstić information content (AvgIpc) is 3.21. The molecule has 4 rings (SSSR count). The number of halogens is 5. The van der Waals surface area contributed by atoms with Crippen molar-refractivity contribution in [3.8, 4) is 11.3 Å². The van der Waals surface area contributed by atoms with Gasteiger partial charge in [-0.25, -0.2) is 31.7 Å². The van der Waals surface area contributed by atoms with Gasteiger partial charge in [-0.1, -0.05) is 0 Å². The molecule has 0 aliphatic carbocycles. The predicted molar refractivity (Wildman–Crippen MR) is 130 cm³/mol. The largest absolute Gasteiger partial charge is 0.444 e. The topological polar surface area (TPSA) is 85.2 Å². The molecule has 1 aromatic carbocycles. The summed E-state index contributed by atoms with van der Waals surface area (Å²) in [4.78, 5) is 30.1. The molecular weight excluding hydrogens is 527 g/mol. The third-order valence-electron chi connectivity index (χ3n) is 6.08. The number of carbonyl (C=O) groups excluding carboxylic acids is 2. The van der Waals surface area contributed by atoms with Crippen molar-refractivity contribution in [2.45, 2.75) is 45.3 Å². The molecule has 1 aliphatic rings. The fourth-order valence-corrected chi connectivity index (χ4v) is 4.31. The number of rotatable bonds is 5. The molecule has 0 saturated carbocycles. The number of fused-ring (bicyclic) bond motifs is 1. The Morgan fingerprint density at radius 2 is 1.92 bits per heavy atom. The van der Waals surface area contributed by atoms with E-state index < -0.39 is 58.7 Å². The van der Waals surface area contributed by atoms with Gasteiger partial charge in [-0.15, -0.1) is 0 Å². The number of carbonyl (C=O) groups is 2. The lowest BCUT2D eigenvalue weighted by atomic mass is 10.0. The van der Waals surface area contributed by atoms with Crippen LogP contribution in [-0.2, 0) is 15.9 Å². The minimum atomic E-state index is -2.83. The number of benzene rings is 1. The van der Waals surface area contributed by atoms with E-state index in [1.165, 1.54) is 22.5 Å². The molecule has 2 aromatic heterocycles. The van der Waals surface area contributed by atoms with Gasteiger partial charge in [0, 0.05) is 31.8 Å². The number of amides is 2. The lowest BCUT2D eigenvalue weighted by Gasteiger charge is -2.34. The molecule has 1 aliphatic heterocycles. The predicted octanol–water partition coefficient (Wildman–Crippen LogP) is 4.89. The molecule has 0 spiro atoms. The SMILES string of the molecule is CNC(=O)c1cc(F)c(-c2nc3cc(C(F)F)ccn3c2C[C@H]2CN(C(=O)OC(C)(C)C)CCO2)c(F)c1F. The van der Waals surface area contributed by atoms with Crippen molar-refractivity contribution in [3.63, 3.8) is 0 Å². The number of ether oxygens (including phenoxy) is 2. The fraction of sp³-hybridized carbons (Fsp3) is 0.423. The van der Waals surface area contributed by atoms with Gasteiger partial charge in [0.05, 0.1) is 41.8 Å². The third kappa shape index (κ3) is 5.82. The maximum absolute atomic E-state index is 15.3. The van der Waals surface area contributed by atoms with Crippen molar-refractivity contribution < 1.29 is 41.0 Å². The van der Waals surface area contributed by atoms with E-state index >= 15 is 8.78 Å². The van der Waals surface area contributed by atoms with E-state index in [4.69, 9.17) is 9.47 Å². The first kappa shape index (κ1) is 28.3. The Labute approximate surface area is 220 Å². The summed E-state index contributed by atoms with van der Waals surface area (Å²) in [5.41, 5.74) is -3.10. The maximum Gasteiger partial charge on any atom is 0.410 e. The second-order valence-electron chi connectivity index (χ2n) is 10.0. The lowest BCUT2D eigenvalue weighted by Crippen LogP contribution is -2.48. The van der Waals surface area contributed by atoms with E-state index in [1.807, 2.05) is 0 Å².